The van der Waals surface area contributed by atoms with E-state index in [9.17, 15) is 4.79 Å². The third-order valence-electron chi connectivity index (χ3n) is 3.05. The van der Waals surface area contributed by atoms with Gasteiger partial charge in [0.1, 0.15) is 0 Å². The van der Waals surface area contributed by atoms with Gasteiger partial charge >= 0.3 is 6.03 Å². The summed E-state index contributed by atoms with van der Waals surface area (Å²) in [5.74, 6) is 0. The SMILES string of the molecule is CC1(Cl)CCC(NC(=O)Nc2ccccc2)C1. The normalized spacial score (nSPS) is 27.8. The molecule has 0 spiro atoms. The van der Waals surface area contributed by atoms with E-state index >= 15 is 0 Å². The summed E-state index contributed by atoms with van der Waals surface area (Å²) in [4.78, 5) is 11.6. The molecular weight excluding hydrogens is 236 g/mol. The van der Waals surface area contributed by atoms with Crippen molar-refractivity contribution in [2.75, 3.05) is 5.32 Å². The Kier molecular flexibility index (Phi) is 3.57. The zero-order valence-corrected chi connectivity index (χ0v) is 10.6. The van der Waals surface area contributed by atoms with Gasteiger partial charge < -0.3 is 10.6 Å². The number of rotatable bonds is 2. The lowest BCUT2D eigenvalue weighted by atomic mass is 10.1. The molecule has 0 saturated heterocycles. The Balaban J connectivity index is 1.83. The molecule has 0 aliphatic heterocycles. The van der Waals surface area contributed by atoms with Crippen LogP contribution in [0.4, 0.5) is 10.5 Å². The van der Waals surface area contributed by atoms with E-state index in [0.717, 1.165) is 24.9 Å². The fraction of sp³-hybridized carbons (Fsp3) is 0.462. The minimum Gasteiger partial charge on any atom is -0.335 e. The molecule has 1 aliphatic rings. The molecule has 2 N–H and O–H groups in total. The van der Waals surface area contributed by atoms with Crippen LogP contribution in [0.1, 0.15) is 26.2 Å². The molecule has 2 rings (SSSR count). The molecule has 1 aliphatic carbocycles. The lowest BCUT2D eigenvalue weighted by Crippen LogP contribution is -2.37. The van der Waals surface area contributed by atoms with Crippen molar-refractivity contribution >= 4 is 23.3 Å². The van der Waals surface area contributed by atoms with E-state index in [1.807, 2.05) is 37.3 Å². The topological polar surface area (TPSA) is 41.1 Å². The lowest BCUT2D eigenvalue weighted by Gasteiger charge is -2.16. The van der Waals surface area contributed by atoms with Crippen LogP contribution in [0.2, 0.25) is 0 Å². The van der Waals surface area contributed by atoms with Crippen molar-refractivity contribution in [1.29, 1.82) is 0 Å². The molecule has 0 bridgehead atoms. The van der Waals surface area contributed by atoms with Gasteiger partial charge in [-0.2, -0.15) is 0 Å². The maximum Gasteiger partial charge on any atom is 0.319 e. The Bertz CT molecular complexity index is 392. The lowest BCUT2D eigenvalue weighted by molar-refractivity contribution is 0.248. The van der Waals surface area contributed by atoms with Crippen LogP contribution in [-0.4, -0.2) is 16.9 Å². The Morgan fingerprint density at radius 1 is 1.41 bits per heavy atom. The third-order valence-corrected chi connectivity index (χ3v) is 3.40. The zero-order valence-electron chi connectivity index (χ0n) is 9.87. The summed E-state index contributed by atoms with van der Waals surface area (Å²) in [6, 6.07) is 9.44. The molecule has 3 nitrogen and oxygen atoms in total. The highest BCUT2D eigenvalue weighted by molar-refractivity contribution is 6.23. The van der Waals surface area contributed by atoms with Crippen LogP contribution in [0.5, 0.6) is 0 Å². The summed E-state index contributed by atoms with van der Waals surface area (Å²) in [5, 5.41) is 5.75. The summed E-state index contributed by atoms with van der Waals surface area (Å²) in [6.07, 6.45) is 2.73. The molecule has 17 heavy (non-hydrogen) atoms. The molecule has 2 atom stereocenters. The van der Waals surface area contributed by atoms with Crippen molar-refractivity contribution in [3.63, 3.8) is 0 Å². The highest BCUT2D eigenvalue weighted by Gasteiger charge is 2.33. The molecule has 0 radical (unpaired) electrons. The van der Waals surface area contributed by atoms with Gasteiger partial charge in [0, 0.05) is 16.6 Å². The number of halogens is 1. The quantitative estimate of drug-likeness (QED) is 0.779. The number of urea groups is 1. The molecule has 1 saturated carbocycles. The van der Waals surface area contributed by atoms with E-state index in [1.54, 1.807) is 0 Å². The van der Waals surface area contributed by atoms with Gasteiger partial charge in [0.2, 0.25) is 0 Å². The predicted octanol–water partition coefficient (Wildman–Crippen LogP) is 3.36. The number of carbonyl (C=O) groups is 1. The molecule has 1 fully saturated rings. The highest BCUT2D eigenvalue weighted by atomic mass is 35.5. The number of carbonyl (C=O) groups excluding carboxylic acids is 1. The number of para-hydroxylation sites is 1. The van der Waals surface area contributed by atoms with Gasteiger partial charge in [0.25, 0.3) is 0 Å². The molecule has 4 heteroatoms. The van der Waals surface area contributed by atoms with Crippen LogP contribution in [0.25, 0.3) is 0 Å². The van der Waals surface area contributed by atoms with Gasteiger partial charge in [-0.25, -0.2) is 4.79 Å². The Labute approximate surface area is 107 Å². The first kappa shape index (κ1) is 12.2. The average molecular weight is 253 g/mol. The number of amides is 2. The van der Waals surface area contributed by atoms with E-state index < -0.39 is 0 Å². The standard InChI is InChI=1S/C13H17ClN2O/c1-13(14)8-7-11(9-13)16-12(17)15-10-5-3-2-4-6-10/h2-6,11H,7-9H2,1H3,(H2,15,16,17). The van der Waals surface area contributed by atoms with Crippen LogP contribution >= 0.6 is 11.6 Å². The summed E-state index contributed by atoms with van der Waals surface area (Å²) >= 11 is 6.23. The molecule has 0 heterocycles. The molecule has 1 aromatic rings. The second kappa shape index (κ2) is 4.96. The Hall–Kier alpha value is -1.22. The maximum atomic E-state index is 11.7. The second-order valence-corrected chi connectivity index (χ2v) is 5.73. The summed E-state index contributed by atoms with van der Waals surface area (Å²) in [7, 11) is 0. The summed E-state index contributed by atoms with van der Waals surface area (Å²) < 4.78 is 0. The number of benzene rings is 1. The molecule has 2 amide bonds. The fourth-order valence-electron chi connectivity index (χ4n) is 2.19. The second-order valence-electron chi connectivity index (χ2n) is 4.82. The minimum atomic E-state index is -0.162. The van der Waals surface area contributed by atoms with Crippen LogP contribution in [0.3, 0.4) is 0 Å². The smallest absolute Gasteiger partial charge is 0.319 e. The van der Waals surface area contributed by atoms with Crippen LogP contribution in [-0.2, 0) is 0 Å². The zero-order chi connectivity index (χ0) is 12.3. The number of hydrogen-bond donors (Lipinski definition) is 2. The van der Waals surface area contributed by atoms with Crippen molar-refractivity contribution in [2.24, 2.45) is 0 Å². The monoisotopic (exact) mass is 252 g/mol. The van der Waals surface area contributed by atoms with Gasteiger partial charge in [-0.05, 0) is 38.3 Å². The van der Waals surface area contributed by atoms with Crippen molar-refractivity contribution < 1.29 is 4.79 Å². The summed E-state index contributed by atoms with van der Waals surface area (Å²) in [6.45, 7) is 2.02. The first-order chi connectivity index (χ1) is 8.05. The largest absolute Gasteiger partial charge is 0.335 e. The molecule has 0 aromatic heterocycles. The first-order valence-electron chi connectivity index (χ1n) is 5.87. The fourth-order valence-corrected chi connectivity index (χ4v) is 2.49. The van der Waals surface area contributed by atoms with E-state index in [4.69, 9.17) is 11.6 Å². The van der Waals surface area contributed by atoms with Crippen molar-refractivity contribution in [1.82, 2.24) is 5.32 Å². The van der Waals surface area contributed by atoms with Crippen LogP contribution < -0.4 is 10.6 Å². The molecular formula is C13H17ClN2O. The van der Waals surface area contributed by atoms with E-state index in [0.29, 0.717) is 0 Å². The average Bonchev–Trinajstić information content (AvgIpc) is 2.59. The van der Waals surface area contributed by atoms with Crippen molar-refractivity contribution in [3.05, 3.63) is 30.3 Å². The maximum absolute atomic E-state index is 11.7. The molecule has 1 aromatic carbocycles. The first-order valence-corrected chi connectivity index (χ1v) is 6.24. The summed E-state index contributed by atoms with van der Waals surface area (Å²) in [5.41, 5.74) is 0.802. The van der Waals surface area contributed by atoms with E-state index in [1.165, 1.54) is 0 Å². The van der Waals surface area contributed by atoms with Gasteiger partial charge in [-0.1, -0.05) is 18.2 Å². The van der Waals surface area contributed by atoms with E-state index in [2.05, 4.69) is 10.6 Å². The minimum absolute atomic E-state index is 0.157. The highest BCUT2D eigenvalue weighted by Crippen LogP contribution is 2.35. The number of hydrogen-bond acceptors (Lipinski definition) is 1. The molecule has 92 valence electrons. The van der Waals surface area contributed by atoms with Gasteiger partial charge in [-0.3, -0.25) is 0 Å². The van der Waals surface area contributed by atoms with Crippen molar-refractivity contribution in [2.45, 2.75) is 37.1 Å². The van der Waals surface area contributed by atoms with Gasteiger partial charge in [-0.15, -0.1) is 11.6 Å². The van der Waals surface area contributed by atoms with E-state index in [-0.39, 0.29) is 16.9 Å². The van der Waals surface area contributed by atoms with Crippen LogP contribution in [0, 0.1) is 0 Å². The number of anilines is 1. The number of alkyl halides is 1. The van der Waals surface area contributed by atoms with Crippen molar-refractivity contribution in [3.8, 4) is 0 Å². The third kappa shape index (κ3) is 3.63. The van der Waals surface area contributed by atoms with Crippen LogP contribution in [0.15, 0.2) is 30.3 Å². The number of nitrogens with one attached hydrogen (secondary N) is 2. The van der Waals surface area contributed by atoms with Gasteiger partial charge in [0.05, 0.1) is 0 Å². The van der Waals surface area contributed by atoms with Gasteiger partial charge in [0.15, 0.2) is 0 Å². The predicted molar refractivity (Wildman–Crippen MR) is 70.5 cm³/mol. The molecule has 2 unspecified atom stereocenters. The Morgan fingerprint density at radius 2 is 2.12 bits per heavy atom. The Morgan fingerprint density at radius 3 is 2.71 bits per heavy atom.